The summed E-state index contributed by atoms with van der Waals surface area (Å²) in [6.45, 7) is 0.368. The number of nitro benzene ring substituents is 1. The molecule has 2 rings (SSSR count). The maximum absolute atomic E-state index is 11.0. The number of aromatic nitrogens is 2. The molecule has 96 valence electrons. The Bertz CT molecular complexity index is 585. The molecule has 0 aliphatic rings. The fourth-order valence-corrected chi connectivity index (χ4v) is 1.75. The number of halogens is 1. The van der Waals surface area contributed by atoms with Crippen LogP contribution in [0.4, 0.5) is 11.4 Å². The van der Waals surface area contributed by atoms with Gasteiger partial charge >= 0.3 is 5.69 Å². The first-order valence-corrected chi connectivity index (χ1v) is 5.47. The smallest absolute Gasteiger partial charge is 0.323 e. The molecule has 1 aromatic heterocycles. The Kier molecular flexibility index (Phi) is 3.58. The monoisotopic (exact) mass is 272 g/mol. The minimum atomic E-state index is -0.579. The summed E-state index contributed by atoms with van der Waals surface area (Å²) in [6, 6.07) is 1.39. The van der Waals surface area contributed by atoms with Crippen molar-refractivity contribution >= 4 is 34.0 Å². The van der Waals surface area contributed by atoms with Gasteiger partial charge in [-0.2, -0.15) is 0 Å². The zero-order valence-corrected chi connectivity index (χ0v) is 9.85. The van der Waals surface area contributed by atoms with Crippen molar-refractivity contribution in [3.05, 3.63) is 21.2 Å². The fraction of sp³-hybridized carbons (Fsp3) is 0.333. The van der Waals surface area contributed by atoms with E-state index in [1.165, 1.54) is 6.07 Å². The summed E-state index contributed by atoms with van der Waals surface area (Å²) >= 11 is 5.92. The van der Waals surface area contributed by atoms with Gasteiger partial charge in [0.25, 0.3) is 0 Å². The van der Waals surface area contributed by atoms with Crippen LogP contribution in [0.5, 0.6) is 0 Å². The molecule has 18 heavy (non-hydrogen) atoms. The average Bonchev–Trinajstić information content (AvgIpc) is 2.78. The molecule has 0 spiro atoms. The average molecular weight is 273 g/mol. The predicted octanol–water partition coefficient (Wildman–Crippen LogP) is 1.58. The van der Waals surface area contributed by atoms with Gasteiger partial charge in [0.1, 0.15) is 5.69 Å². The van der Waals surface area contributed by atoms with Gasteiger partial charge in [-0.15, -0.1) is 0 Å². The molecule has 0 saturated carbocycles. The molecular formula is C9H9ClN4O4. The van der Waals surface area contributed by atoms with Gasteiger partial charge in [0.2, 0.25) is 5.52 Å². The molecule has 0 unspecified atom stereocenters. The Morgan fingerprint density at radius 3 is 2.89 bits per heavy atom. The molecule has 8 nitrogen and oxygen atoms in total. The maximum atomic E-state index is 11.0. The van der Waals surface area contributed by atoms with Gasteiger partial charge in [-0.1, -0.05) is 11.6 Å². The first-order chi connectivity index (χ1) is 8.65. The number of fused-ring (bicyclic) bond motifs is 1. The first-order valence-electron chi connectivity index (χ1n) is 5.09. The number of hydrogen-bond acceptors (Lipinski definition) is 7. The Morgan fingerprint density at radius 2 is 2.22 bits per heavy atom. The van der Waals surface area contributed by atoms with Crippen molar-refractivity contribution < 1.29 is 14.7 Å². The summed E-state index contributed by atoms with van der Waals surface area (Å²) in [7, 11) is 0. The van der Waals surface area contributed by atoms with Crippen molar-refractivity contribution in [3.8, 4) is 0 Å². The van der Waals surface area contributed by atoms with E-state index in [4.69, 9.17) is 16.7 Å². The number of anilines is 1. The maximum Gasteiger partial charge on any atom is 0.323 e. The third-order valence-electron chi connectivity index (χ3n) is 2.30. The van der Waals surface area contributed by atoms with Crippen LogP contribution >= 0.6 is 11.6 Å². The minimum Gasteiger partial charge on any atom is -0.396 e. The van der Waals surface area contributed by atoms with E-state index in [0.29, 0.717) is 13.0 Å². The van der Waals surface area contributed by atoms with Crippen molar-refractivity contribution in [2.75, 3.05) is 18.5 Å². The Labute approximate surface area is 106 Å². The SMILES string of the molecule is O=[N+]([O-])c1c(NCCCO)cc(Cl)c2nonc12. The van der Waals surface area contributed by atoms with Crippen molar-refractivity contribution in [1.29, 1.82) is 0 Å². The lowest BCUT2D eigenvalue weighted by Gasteiger charge is -2.06. The molecule has 2 aromatic rings. The number of aliphatic hydroxyl groups is 1. The quantitative estimate of drug-likeness (QED) is 0.482. The third-order valence-corrected chi connectivity index (χ3v) is 2.59. The topological polar surface area (TPSA) is 114 Å². The lowest BCUT2D eigenvalue weighted by atomic mass is 10.2. The van der Waals surface area contributed by atoms with E-state index in [-0.39, 0.29) is 34.0 Å². The molecule has 0 atom stereocenters. The van der Waals surface area contributed by atoms with E-state index in [0.717, 1.165) is 0 Å². The number of benzene rings is 1. The lowest BCUT2D eigenvalue weighted by molar-refractivity contribution is -0.382. The zero-order chi connectivity index (χ0) is 13.1. The Hall–Kier alpha value is -1.93. The molecule has 2 N–H and O–H groups in total. The van der Waals surface area contributed by atoms with Crippen molar-refractivity contribution in [2.45, 2.75) is 6.42 Å². The van der Waals surface area contributed by atoms with Crippen LogP contribution in [0, 0.1) is 10.1 Å². The van der Waals surface area contributed by atoms with Gasteiger partial charge < -0.3 is 10.4 Å². The standard InChI is InChI=1S/C9H9ClN4O4/c10-5-4-6(11-2-1-3-15)9(14(16)17)8-7(5)12-18-13-8/h4,11,15H,1-3H2. The van der Waals surface area contributed by atoms with Gasteiger partial charge in [0, 0.05) is 13.2 Å². The predicted molar refractivity (Wildman–Crippen MR) is 63.7 cm³/mol. The summed E-state index contributed by atoms with van der Waals surface area (Å²) in [4.78, 5) is 10.5. The molecule has 0 aliphatic carbocycles. The molecule has 0 radical (unpaired) electrons. The Balaban J connectivity index is 2.49. The second kappa shape index (κ2) is 5.15. The highest BCUT2D eigenvalue weighted by Gasteiger charge is 2.24. The summed E-state index contributed by atoms with van der Waals surface area (Å²) in [6.07, 6.45) is 0.462. The lowest BCUT2D eigenvalue weighted by Crippen LogP contribution is -2.06. The zero-order valence-electron chi connectivity index (χ0n) is 9.09. The van der Waals surface area contributed by atoms with Crippen molar-refractivity contribution in [1.82, 2.24) is 10.3 Å². The number of nitrogens with one attached hydrogen (secondary N) is 1. The first kappa shape index (κ1) is 12.5. The van der Waals surface area contributed by atoms with Gasteiger partial charge in [-0.3, -0.25) is 10.1 Å². The van der Waals surface area contributed by atoms with Crippen LogP contribution in [0.2, 0.25) is 5.02 Å². The number of nitro groups is 1. The van der Waals surface area contributed by atoms with Gasteiger partial charge in [-0.25, -0.2) is 4.63 Å². The van der Waals surface area contributed by atoms with Gasteiger partial charge in [0.05, 0.1) is 9.95 Å². The van der Waals surface area contributed by atoms with Crippen LogP contribution < -0.4 is 5.32 Å². The molecule has 0 amide bonds. The fourth-order valence-electron chi connectivity index (χ4n) is 1.51. The van der Waals surface area contributed by atoms with E-state index in [2.05, 4.69) is 20.3 Å². The number of nitrogens with zero attached hydrogens (tertiary/aromatic N) is 3. The molecule has 1 heterocycles. The molecule has 0 aliphatic heterocycles. The van der Waals surface area contributed by atoms with Crippen LogP contribution in [0.3, 0.4) is 0 Å². The van der Waals surface area contributed by atoms with E-state index in [1.807, 2.05) is 0 Å². The molecule has 0 fully saturated rings. The highest BCUT2D eigenvalue weighted by molar-refractivity contribution is 6.35. The molecule has 0 bridgehead atoms. The van der Waals surface area contributed by atoms with Gasteiger partial charge in [0.15, 0.2) is 5.52 Å². The summed E-state index contributed by atoms with van der Waals surface area (Å²) in [5.41, 5.74) is 0.130. The van der Waals surface area contributed by atoms with Crippen LogP contribution in [-0.2, 0) is 0 Å². The van der Waals surface area contributed by atoms with E-state index < -0.39 is 4.92 Å². The second-order valence-corrected chi connectivity index (χ2v) is 3.88. The van der Waals surface area contributed by atoms with Crippen molar-refractivity contribution in [2.24, 2.45) is 0 Å². The van der Waals surface area contributed by atoms with E-state index in [1.54, 1.807) is 0 Å². The van der Waals surface area contributed by atoms with Crippen LogP contribution in [-0.4, -0.2) is 33.5 Å². The second-order valence-electron chi connectivity index (χ2n) is 3.48. The number of hydrogen-bond donors (Lipinski definition) is 2. The highest BCUT2D eigenvalue weighted by Crippen LogP contribution is 2.36. The normalized spacial score (nSPS) is 10.8. The van der Waals surface area contributed by atoms with E-state index in [9.17, 15) is 10.1 Å². The Morgan fingerprint density at radius 1 is 1.50 bits per heavy atom. The van der Waals surface area contributed by atoms with Crippen LogP contribution in [0.25, 0.3) is 11.0 Å². The van der Waals surface area contributed by atoms with E-state index >= 15 is 0 Å². The number of rotatable bonds is 5. The third kappa shape index (κ3) is 2.20. The van der Waals surface area contributed by atoms with Crippen LogP contribution in [0.15, 0.2) is 10.7 Å². The summed E-state index contributed by atoms with van der Waals surface area (Å²) < 4.78 is 4.46. The molecule has 0 saturated heterocycles. The van der Waals surface area contributed by atoms with Crippen molar-refractivity contribution in [3.63, 3.8) is 0 Å². The number of aliphatic hydroxyl groups excluding tert-OH is 1. The molecule has 9 heteroatoms. The van der Waals surface area contributed by atoms with Gasteiger partial charge in [-0.05, 0) is 22.8 Å². The largest absolute Gasteiger partial charge is 0.396 e. The minimum absolute atomic E-state index is 0.000927. The molecular weight excluding hydrogens is 264 g/mol. The molecule has 1 aromatic carbocycles. The summed E-state index contributed by atoms with van der Waals surface area (Å²) in [5.74, 6) is 0. The van der Waals surface area contributed by atoms with Crippen LogP contribution in [0.1, 0.15) is 6.42 Å². The summed E-state index contributed by atoms with van der Waals surface area (Å²) in [5, 5.41) is 29.8. The highest BCUT2D eigenvalue weighted by atomic mass is 35.5.